The molecular formula is C18H24ClF3N2. The molecule has 4 aliphatic carbocycles. The number of hydrogen-bond acceptors (Lipinski definition) is 2. The van der Waals surface area contributed by atoms with E-state index in [0.29, 0.717) is 11.6 Å². The first-order valence-corrected chi connectivity index (χ1v) is 8.65. The van der Waals surface area contributed by atoms with E-state index in [9.17, 15) is 13.2 Å². The van der Waals surface area contributed by atoms with Crippen molar-refractivity contribution in [3.05, 3.63) is 29.8 Å². The molecule has 1 aromatic rings. The largest absolute Gasteiger partial charge is 0.416 e. The maximum absolute atomic E-state index is 12.7. The zero-order valence-corrected chi connectivity index (χ0v) is 14.3. The summed E-state index contributed by atoms with van der Waals surface area (Å²) in [4.78, 5) is 0. The number of rotatable bonds is 4. The molecule has 134 valence electrons. The number of nitrogens with one attached hydrogen (secondary N) is 2. The van der Waals surface area contributed by atoms with E-state index >= 15 is 0 Å². The fourth-order valence-electron chi connectivity index (χ4n) is 5.42. The summed E-state index contributed by atoms with van der Waals surface area (Å²) in [6, 6.07) is 5.36. The molecule has 0 unspecified atom stereocenters. The SMILES string of the molecule is Cl.FC(F)(F)c1cccc(NNCC2C3CC4CC(C3)CC2C4)c1. The average Bonchev–Trinajstić information content (AvgIpc) is 2.49. The number of hydrogen-bond donors (Lipinski definition) is 2. The Morgan fingerprint density at radius 3 is 2.17 bits per heavy atom. The molecule has 0 amide bonds. The van der Waals surface area contributed by atoms with Gasteiger partial charge in [-0.25, -0.2) is 5.43 Å². The van der Waals surface area contributed by atoms with Crippen LogP contribution in [0.3, 0.4) is 0 Å². The molecule has 0 atom stereocenters. The quantitative estimate of drug-likeness (QED) is 0.728. The lowest BCUT2D eigenvalue weighted by atomic mass is 9.52. The van der Waals surface area contributed by atoms with Crippen LogP contribution in [0.2, 0.25) is 0 Å². The van der Waals surface area contributed by atoms with Gasteiger partial charge in [0.25, 0.3) is 0 Å². The highest BCUT2D eigenvalue weighted by molar-refractivity contribution is 5.85. The Hall–Kier alpha value is -0.940. The second-order valence-electron chi connectivity index (χ2n) is 7.68. The third-order valence-electron chi connectivity index (χ3n) is 6.18. The summed E-state index contributed by atoms with van der Waals surface area (Å²) in [6.45, 7) is 0.852. The maximum Gasteiger partial charge on any atom is 0.416 e. The molecule has 0 heterocycles. The number of hydrazine groups is 1. The smallest absolute Gasteiger partial charge is 0.321 e. The van der Waals surface area contributed by atoms with Crippen molar-refractivity contribution in [3.8, 4) is 0 Å². The molecule has 4 aliphatic rings. The molecule has 0 spiro atoms. The van der Waals surface area contributed by atoms with Crippen molar-refractivity contribution in [2.45, 2.75) is 38.3 Å². The van der Waals surface area contributed by atoms with Crippen molar-refractivity contribution in [1.82, 2.24) is 5.43 Å². The van der Waals surface area contributed by atoms with E-state index < -0.39 is 11.7 Å². The van der Waals surface area contributed by atoms with Gasteiger partial charge >= 0.3 is 6.18 Å². The molecule has 1 aromatic carbocycles. The Morgan fingerprint density at radius 2 is 1.58 bits per heavy atom. The Morgan fingerprint density at radius 1 is 0.958 bits per heavy atom. The lowest BCUT2D eigenvalue weighted by Gasteiger charge is -2.54. The Kier molecular flexibility index (Phi) is 5.03. The molecule has 2 N–H and O–H groups in total. The summed E-state index contributed by atoms with van der Waals surface area (Å²) >= 11 is 0. The highest BCUT2D eigenvalue weighted by Gasteiger charge is 2.47. The van der Waals surface area contributed by atoms with Crippen molar-refractivity contribution in [1.29, 1.82) is 0 Å². The van der Waals surface area contributed by atoms with Gasteiger partial charge in [0, 0.05) is 12.2 Å². The van der Waals surface area contributed by atoms with Gasteiger partial charge in [-0.3, -0.25) is 0 Å². The predicted octanol–water partition coefficient (Wildman–Crippen LogP) is 5.12. The summed E-state index contributed by atoms with van der Waals surface area (Å²) < 4.78 is 38.2. The van der Waals surface area contributed by atoms with Crippen LogP contribution in [0.5, 0.6) is 0 Å². The predicted molar refractivity (Wildman–Crippen MR) is 90.9 cm³/mol. The average molecular weight is 361 g/mol. The minimum absolute atomic E-state index is 0. The van der Waals surface area contributed by atoms with Crippen molar-refractivity contribution < 1.29 is 13.2 Å². The first-order chi connectivity index (χ1) is 11.0. The third kappa shape index (κ3) is 3.52. The second kappa shape index (κ2) is 6.75. The summed E-state index contributed by atoms with van der Waals surface area (Å²) in [5, 5.41) is 0. The van der Waals surface area contributed by atoms with Crippen LogP contribution in [0.15, 0.2) is 24.3 Å². The van der Waals surface area contributed by atoms with E-state index in [-0.39, 0.29) is 12.4 Å². The first-order valence-electron chi connectivity index (χ1n) is 8.65. The Balaban J connectivity index is 0.00000169. The van der Waals surface area contributed by atoms with Crippen molar-refractivity contribution >= 4 is 18.1 Å². The van der Waals surface area contributed by atoms with Gasteiger partial charge in [0.05, 0.1) is 5.56 Å². The molecule has 4 fully saturated rings. The van der Waals surface area contributed by atoms with Crippen LogP contribution >= 0.6 is 12.4 Å². The lowest BCUT2D eigenvalue weighted by Crippen LogP contribution is -2.49. The number of alkyl halides is 3. The number of halogens is 4. The highest BCUT2D eigenvalue weighted by atomic mass is 35.5. The monoisotopic (exact) mass is 360 g/mol. The summed E-state index contributed by atoms with van der Waals surface area (Å²) in [5.74, 6) is 4.22. The highest BCUT2D eigenvalue weighted by Crippen LogP contribution is 2.56. The molecule has 24 heavy (non-hydrogen) atoms. The van der Waals surface area contributed by atoms with Crippen LogP contribution in [0.25, 0.3) is 0 Å². The minimum atomic E-state index is -4.29. The fraction of sp³-hybridized carbons (Fsp3) is 0.667. The van der Waals surface area contributed by atoms with Crippen LogP contribution in [-0.2, 0) is 6.18 Å². The molecule has 4 saturated carbocycles. The molecule has 4 bridgehead atoms. The number of anilines is 1. The fourth-order valence-corrected chi connectivity index (χ4v) is 5.42. The van der Waals surface area contributed by atoms with Crippen molar-refractivity contribution in [2.75, 3.05) is 12.0 Å². The van der Waals surface area contributed by atoms with Crippen LogP contribution in [0, 0.1) is 29.6 Å². The van der Waals surface area contributed by atoms with E-state index in [1.165, 1.54) is 38.2 Å². The van der Waals surface area contributed by atoms with Crippen molar-refractivity contribution in [2.24, 2.45) is 29.6 Å². The van der Waals surface area contributed by atoms with Gasteiger partial charge in [0.15, 0.2) is 0 Å². The van der Waals surface area contributed by atoms with Crippen LogP contribution in [0.4, 0.5) is 18.9 Å². The zero-order chi connectivity index (χ0) is 16.0. The third-order valence-corrected chi connectivity index (χ3v) is 6.18. The molecule has 5 rings (SSSR count). The Labute approximate surface area is 147 Å². The lowest BCUT2D eigenvalue weighted by molar-refractivity contribution is -0.137. The van der Waals surface area contributed by atoms with Crippen LogP contribution in [0.1, 0.15) is 37.7 Å². The molecular weight excluding hydrogens is 337 g/mol. The van der Waals surface area contributed by atoms with E-state index in [1.54, 1.807) is 6.07 Å². The minimum Gasteiger partial charge on any atom is -0.321 e. The standard InChI is InChI=1S/C18H23F3N2.ClH/c19-18(20,21)15-2-1-3-16(9-15)23-22-10-17-13-5-11-4-12(7-13)8-14(17)6-11;/h1-3,9,11-14,17,22-23H,4-8,10H2;1H. The Bertz CT molecular complexity index is 548. The van der Waals surface area contributed by atoms with E-state index in [1.807, 2.05) is 0 Å². The molecule has 2 nitrogen and oxygen atoms in total. The first kappa shape index (κ1) is 17.9. The zero-order valence-electron chi connectivity index (χ0n) is 13.5. The van der Waals surface area contributed by atoms with Gasteiger partial charge < -0.3 is 5.43 Å². The van der Waals surface area contributed by atoms with Gasteiger partial charge in [-0.2, -0.15) is 13.2 Å². The summed E-state index contributed by atoms with van der Waals surface area (Å²) in [5.41, 5.74) is 6.02. The molecule has 0 saturated heterocycles. The molecule has 6 heteroatoms. The maximum atomic E-state index is 12.7. The van der Waals surface area contributed by atoms with Crippen LogP contribution < -0.4 is 10.9 Å². The topological polar surface area (TPSA) is 24.1 Å². The van der Waals surface area contributed by atoms with Gasteiger partial charge in [0.2, 0.25) is 0 Å². The van der Waals surface area contributed by atoms with E-state index in [4.69, 9.17) is 0 Å². The molecule has 0 radical (unpaired) electrons. The second-order valence-corrected chi connectivity index (χ2v) is 7.68. The van der Waals surface area contributed by atoms with Gasteiger partial charge in [-0.15, -0.1) is 12.4 Å². The molecule has 0 aromatic heterocycles. The van der Waals surface area contributed by atoms with E-state index in [2.05, 4.69) is 10.9 Å². The normalized spacial score (nSPS) is 34.0. The van der Waals surface area contributed by atoms with Gasteiger partial charge in [-0.1, -0.05) is 6.07 Å². The van der Waals surface area contributed by atoms with Gasteiger partial charge in [0.1, 0.15) is 0 Å². The number of benzene rings is 1. The summed E-state index contributed by atoms with van der Waals surface area (Å²) in [6.07, 6.45) is 2.60. The molecule has 0 aliphatic heterocycles. The van der Waals surface area contributed by atoms with Crippen molar-refractivity contribution in [3.63, 3.8) is 0 Å². The van der Waals surface area contributed by atoms with Gasteiger partial charge in [-0.05, 0) is 79.9 Å². The van der Waals surface area contributed by atoms with E-state index in [0.717, 1.165) is 42.3 Å². The summed E-state index contributed by atoms with van der Waals surface area (Å²) in [7, 11) is 0. The van der Waals surface area contributed by atoms with Crippen LogP contribution in [-0.4, -0.2) is 6.54 Å².